The van der Waals surface area contributed by atoms with E-state index in [4.69, 9.17) is 5.73 Å². The number of amides is 1. The maximum atomic E-state index is 13.3. The summed E-state index contributed by atoms with van der Waals surface area (Å²) in [6.45, 7) is 3.36. The van der Waals surface area contributed by atoms with Crippen LogP contribution in [0.25, 0.3) is 10.4 Å². The Bertz CT molecular complexity index is 742. The summed E-state index contributed by atoms with van der Waals surface area (Å²) >= 11 is 1.59. The van der Waals surface area contributed by atoms with Gasteiger partial charge in [0, 0.05) is 19.1 Å². The zero-order valence-corrected chi connectivity index (χ0v) is 14.8. The average molecular weight is 341 g/mol. The van der Waals surface area contributed by atoms with Crippen LogP contribution in [0.1, 0.15) is 34.8 Å². The molecule has 2 heterocycles. The number of hydrogen-bond donors (Lipinski definition) is 1. The molecule has 0 radical (unpaired) electrons. The van der Waals surface area contributed by atoms with Gasteiger partial charge in [0.1, 0.15) is 5.69 Å². The smallest absolute Gasteiger partial charge is 0.274 e. The number of carbonyl (C=O) groups excluding carboxylic acids is 1. The first-order valence-corrected chi connectivity index (χ1v) is 9.54. The fourth-order valence-electron chi connectivity index (χ4n) is 4.45. The lowest BCUT2D eigenvalue weighted by atomic mass is 9.94. The number of aromatic nitrogens is 1. The van der Waals surface area contributed by atoms with E-state index < -0.39 is 0 Å². The van der Waals surface area contributed by atoms with E-state index in [0.29, 0.717) is 24.1 Å². The number of likely N-dealkylation sites (tertiary alicyclic amines) is 1. The van der Waals surface area contributed by atoms with E-state index in [9.17, 15) is 4.79 Å². The molecule has 2 aliphatic rings. The quantitative estimate of drug-likeness (QED) is 0.932. The van der Waals surface area contributed by atoms with Crippen LogP contribution in [0.2, 0.25) is 0 Å². The van der Waals surface area contributed by atoms with Crippen LogP contribution in [-0.2, 0) is 0 Å². The Morgan fingerprint density at radius 3 is 2.88 bits per heavy atom. The second-order valence-electron chi connectivity index (χ2n) is 6.89. The van der Waals surface area contributed by atoms with Crippen molar-refractivity contribution < 1.29 is 4.79 Å². The van der Waals surface area contributed by atoms with E-state index in [0.717, 1.165) is 22.0 Å². The standard InChI is InChI=1S/C19H23N3OS/c1-12-21-17(18(24-12)13-6-3-2-4-7-13)19(23)22-11-14-8-5-9-15(14)16(22)10-20/h2-4,6-7,14-16H,5,8-11,20H2,1H3/t14-,15-,16+/m0/s1. The van der Waals surface area contributed by atoms with Gasteiger partial charge in [0.2, 0.25) is 0 Å². The highest BCUT2D eigenvalue weighted by atomic mass is 32.1. The highest BCUT2D eigenvalue weighted by Crippen LogP contribution is 2.43. The number of thiazole rings is 1. The van der Waals surface area contributed by atoms with Crippen LogP contribution in [0.3, 0.4) is 0 Å². The summed E-state index contributed by atoms with van der Waals surface area (Å²) in [7, 11) is 0. The van der Waals surface area contributed by atoms with Crippen molar-refractivity contribution in [3.8, 4) is 10.4 Å². The van der Waals surface area contributed by atoms with Crippen LogP contribution in [0.15, 0.2) is 30.3 Å². The minimum absolute atomic E-state index is 0.0584. The van der Waals surface area contributed by atoms with Gasteiger partial charge in [-0.25, -0.2) is 4.98 Å². The van der Waals surface area contributed by atoms with Gasteiger partial charge < -0.3 is 10.6 Å². The normalized spacial score (nSPS) is 25.9. The molecule has 1 aromatic heterocycles. The maximum absolute atomic E-state index is 13.3. The molecule has 126 valence electrons. The first-order chi connectivity index (χ1) is 11.7. The van der Waals surface area contributed by atoms with Gasteiger partial charge in [0.25, 0.3) is 5.91 Å². The highest BCUT2D eigenvalue weighted by Gasteiger charge is 2.46. The predicted octanol–water partition coefficient (Wildman–Crippen LogP) is 3.32. The van der Waals surface area contributed by atoms with Gasteiger partial charge in [-0.1, -0.05) is 36.8 Å². The van der Waals surface area contributed by atoms with E-state index >= 15 is 0 Å². The summed E-state index contributed by atoms with van der Waals surface area (Å²) in [4.78, 5) is 20.8. The molecule has 2 aromatic rings. The number of carbonyl (C=O) groups is 1. The Morgan fingerprint density at radius 2 is 2.12 bits per heavy atom. The van der Waals surface area contributed by atoms with E-state index in [1.807, 2.05) is 42.2 Å². The molecule has 0 bridgehead atoms. The summed E-state index contributed by atoms with van der Waals surface area (Å²) in [5.74, 6) is 1.27. The van der Waals surface area contributed by atoms with Crippen LogP contribution in [0.4, 0.5) is 0 Å². The minimum Gasteiger partial charge on any atom is -0.332 e. The molecule has 4 nitrogen and oxygen atoms in total. The summed E-state index contributed by atoms with van der Waals surface area (Å²) in [6, 6.07) is 10.3. The first-order valence-electron chi connectivity index (χ1n) is 8.73. The molecule has 1 aromatic carbocycles. The van der Waals surface area contributed by atoms with E-state index in [1.54, 1.807) is 11.3 Å². The molecule has 1 amide bonds. The van der Waals surface area contributed by atoms with Crippen LogP contribution in [0, 0.1) is 18.8 Å². The van der Waals surface area contributed by atoms with Gasteiger partial charge in [-0.3, -0.25) is 4.79 Å². The Hall–Kier alpha value is -1.72. The Labute approximate surface area is 146 Å². The number of benzene rings is 1. The average Bonchev–Trinajstić information content (AvgIpc) is 3.28. The number of nitrogens with zero attached hydrogens (tertiary/aromatic N) is 2. The minimum atomic E-state index is 0.0584. The number of aryl methyl sites for hydroxylation is 1. The molecule has 1 saturated heterocycles. The van der Waals surface area contributed by atoms with Gasteiger partial charge in [0.15, 0.2) is 0 Å². The van der Waals surface area contributed by atoms with E-state index in [-0.39, 0.29) is 11.9 Å². The monoisotopic (exact) mass is 341 g/mol. The number of nitrogens with two attached hydrogens (primary N) is 1. The SMILES string of the molecule is Cc1nc(C(=O)N2C[C@@H]3CCC[C@@H]3[C@H]2CN)c(-c2ccccc2)s1. The van der Waals surface area contributed by atoms with E-state index in [2.05, 4.69) is 4.98 Å². The Morgan fingerprint density at radius 1 is 1.33 bits per heavy atom. The number of fused-ring (bicyclic) bond motifs is 1. The molecule has 4 rings (SSSR count). The first kappa shape index (κ1) is 15.8. The highest BCUT2D eigenvalue weighted by molar-refractivity contribution is 7.15. The Kier molecular flexibility index (Phi) is 4.14. The molecule has 1 aliphatic heterocycles. The van der Waals surface area contributed by atoms with Crippen molar-refractivity contribution in [1.82, 2.24) is 9.88 Å². The van der Waals surface area contributed by atoms with Gasteiger partial charge in [-0.05, 0) is 37.2 Å². The summed E-state index contributed by atoms with van der Waals surface area (Å²) in [5, 5.41) is 0.931. The van der Waals surface area contributed by atoms with Crippen molar-refractivity contribution >= 4 is 17.2 Å². The zero-order valence-electron chi connectivity index (χ0n) is 13.9. The Balaban J connectivity index is 1.68. The van der Waals surface area contributed by atoms with Gasteiger partial charge in [-0.2, -0.15) is 0 Å². The van der Waals surface area contributed by atoms with Crippen molar-refractivity contribution in [1.29, 1.82) is 0 Å². The topological polar surface area (TPSA) is 59.2 Å². The maximum Gasteiger partial charge on any atom is 0.274 e. The van der Waals surface area contributed by atoms with Gasteiger partial charge in [-0.15, -0.1) is 11.3 Å². The van der Waals surface area contributed by atoms with Crippen molar-refractivity contribution in [2.45, 2.75) is 32.2 Å². The second-order valence-corrected chi connectivity index (χ2v) is 8.10. The molecule has 5 heteroatoms. The largest absolute Gasteiger partial charge is 0.332 e. The summed E-state index contributed by atoms with van der Waals surface area (Å²) < 4.78 is 0. The molecule has 2 fully saturated rings. The van der Waals surface area contributed by atoms with Gasteiger partial charge in [0.05, 0.1) is 9.88 Å². The third-order valence-corrected chi connectivity index (χ3v) is 6.54. The summed E-state index contributed by atoms with van der Waals surface area (Å²) in [6.07, 6.45) is 3.71. The summed E-state index contributed by atoms with van der Waals surface area (Å²) in [5.41, 5.74) is 7.70. The lowest BCUT2D eigenvalue weighted by Crippen LogP contribution is -2.43. The van der Waals surface area contributed by atoms with Crippen LogP contribution in [-0.4, -0.2) is 34.9 Å². The number of rotatable bonds is 3. The third kappa shape index (κ3) is 2.56. The fraction of sp³-hybridized carbons (Fsp3) is 0.474. The molecule has 3 atom stereocenters. The molecule has 0 spiro atoms. The van der Waals surface area contributed by atoms with Crippen molar-refractivity contribution in [3.05, 3.63) is 41.0 Å². The molecule has 0 unspecified atom stereocenters. The second kappa shape index (κ2) is 6.30. The molecule has 1 aliphatic carbocycles. The third-order valence-electron chi connectivity index (χ3n) is 5.52. The molecule has 24 heavy (non-hydrogen) atoms. The fourth-order valence-corrected chi connectivity index (χ4v) is 5.36. The van der Waals surface area contributed by atoms with Crippen molar-refractivity contribution in [2.75, 3.05) is 13.1 Å². The van der Waals surface area contributed by atoms with Crippen LogP contribution < -0.4 is 5.73 Å². The number of hydrogen-bond acceptors (Lipinski definition) is 4. The lowest BCUT2D eigenvalue weighted by Gasteiger charge is -2.26. The molecular weight excluding hydrogens is 318 g/mol. The van der Waals surface area contributed by atoms with Crippen LogP contribution >= 0.6 is 11.3 Å². The van der Waals surface area contributed by atoms with Crippen molar-refractivity contribution in [2.24, 2.45) is 17.6 Å². The predicted molar refractivity (Wildman–Crippen MR) is 97.0 cm³/mol. The van der Waals surface area contributed by atoms with Crippen LogP contribution in [0.5, 0.6) is 0 Å². The zero-order chi connectivity index (χ0) is 16.7. The van der Waals surface area contributed by atoms with E-state index in [1.165, 1.54) is 19.3 Å². The lowest BCUT2D eigenvalue weighted by molar-refractivity contribution is 0.0714. The van der Waals surface area contributed by atoms with Crippen molar-refractivity contribution in [3.63, 3.8) is 0 Å². The van der Waals surface area contributed by atoms with Gasteiger partial charge >= 0.3 is 0 Å². The molecule has 2 N–H and O–H groups in total. The molecular formula is C19H23N3OS. The molecule has 1 saturated carbocycles.